The molecule has 36 heavy (non-hydrogen) atoms. The van der Waals surface area contributed by atoms with Crippen molar-refractivity contribution < 1.29 is 18.8 Å². The lowest BCUT2D eigenvalue weighted by atomic mass is 10.0. The third-order valence-corrected chi connectivity index (χ3v) is 8.79. The Bertz CT molecular complexity index is 607. The maximum absolute atomic E-state index is 12.5. The Balaban J connectivity index is 1.39. The van der Waals surface area contributed by atoms with Gasteiger partial charge in [-0.1, -0.05) is 103 Å². The van der Waals surface area contributed by atoms with Crippen molar-refractivity contribution in [3.63, 3.8) is 0 Å². The summed E-state index contributed by atoms with van der Waals surface area (Å²) in [5.74, 6) is -0.294. The maximum atomic E-state index is 12.5. The van der Waals surface area contributed by atoms with Crippen LogP contribution in [0.3, 0.4) is 0 Å². The predicted molar refractivity (Wildman–Crippen MR) is 150 cm³/mol. The van der Waals surface area contributed by atoms with E-state index in [-0.39, 0.29) is 17.8 Å². The first-order valence-electron chi connectivity index (χ1n) is 15.7. The molecule has 2 fully saturated rings. The number of hydrogen-bond donors (Lipinski definition) is 0. The summed E-state index contributed by atoms with van der Waals surface area (Å²) in [6, 6.07) is 0.592. The molecule has 0 aliphatic carbocycles. The Morgan fingerprint density at radius 2 is 1.39 bits per heavy atom. The van der Waals surface area contributed by atoms with Crippen LogP contribution in [0.2, 0.25) is 0 Å². The number of quaternary nitrogens is 1. The van der Waals surface area contributed by atoms with Gasteiger partial charge in [-0.15, -0.1) is 0 Å². The molecule has 0 aromatic carbocycles. The van der Waals surface area contributed by atoms with Gasteiger partial charge >= 0.3 is 5.97 Å². The summed E-state index contributed by atoms with van der Waals surface area (Å²) in [7, 11) is 4.54. The van der Waals surface area contributed by atoms with E-state index in [1.165, 1.54) is 116 Å². The zero-order valence-electron chi connectivity index (χ0n) is 24.2. The molecule has 0 aromatic heterocycles. The summed E-state index contributed by atoms with van der Waals surface area (Å²) in [6.45, 7) is 5.35. The molecule has 2 aliphatic heterocycles. The Labute approximate surface area is 223 Å². The van der Waals surface area contributed by atoms with Crippen LogP contribution in [0.5, 0.6) is 0 Å². The van der Waals surface area contributed by atoms with Crippen molar-refractivity contribution in [1.82, 2.24) is 4.90 Å². The van der Waals surface area contributed by atoms with E-state index >= 15 is 0 Å². The van der Waals surface area contributed by atoms with Gasteiger partial charge in [-0.05, 0) is 6.42 Å². The van der Waals surface area contributed by atoms with E-state index < -0.39 is 0 Å². The van der Waals surface area contributed by atoms with Crippen molar-refractivity contribution in [1.29, 1.82) is 0 Å². The van der Waals surface area contributed by atoms with Crippen LogP contribution in [0.25, 0.3) is 0 Å². The quantitative estimate of drug-likeness (QED) is 0.0932. The summed E-state index contributed by atoms with van der Waals surface area (Å²) in [6.07, 6.45) is 25.4. The zero-order valence-corrected chi connectivity index (χ0v) is 24.2. The van der Waals surface area contributed by atoms with Gasteiger partial charge in [-0.2, -0.15) is 0 Å². The van der Waals surface area contributed by atoms with Gasteiger partial charge < -0.3 is 14.1 Å². The van der Waals surface area contributed by atoms with Crippen molar-refractivity contribution in [2.75, 3.05) is 40.3 Å². The summed E-state index contributed by atoms with van der Waals surface area (Å²) in [5.41, 5.74) is 0. The van der Waals surface area contributed by atoms with Crippen LogP contribution >= 0.6 is 0 Å². The number of nitrogens with zero attached hydrogens (tertiary/aromatic N) is 2. The van der Waals surface area contributed by atoms with Crippen molar-refractivity contribution in [3.8, 4) is 0 Å². The van der Waals surface area contributed by atoms with Crippen molar-refractivity contribution in [3.05, 3.63) is 0 Å². The molecule has 210 valence electrons. The first kappa shape index (κ1) is 31.1. The van der Waals surface area contributed by atoms with Gasteiger partial charge in [0.25, 0.3) is 0 Å². The molecule has 0 N–H and O–H groups in total. The van der Waals surface area contributed by atoms with Crippen LogP contribution in [0.1, 0.15) is 135 Å². The lowest BCUT2D eigenvalue weighted by Gasteiger charge is -2.31. The second kappa shape index (κ2) is 18.2. The molecule has 5 heteroatoms. The van der Waals surface area contributed by atoms with E-state index in [0.29, 0.717) is 25.6 Å². The molecule has 0 spiro atoms. The molecule has 1 amide bonds. The van der Waals surface area contributed by atoms with E-state index in [1.807, 2.05) is 4.90 Å². The van der Waals surface area contributed by atoms with Gasteiger partial charge in [0.1, 0.15) is 0 Å². The van der Waals surface area contributed by atoms with Gasteiger partial charge in [-0.3, -0.25) is 9.59 Å². The van der Waals surface area contributed by atoms with Gasteiger partial charge in [0.15, 0.2) is 0 Å². The maximum Gasteiger partial charge on any atom is 0.311 e. The number of likely N-dealkylation sites (tertiary alicyclic amines) is 2. The fraction of sp³-hybridized carbons (Fsp3) is 0.935. The lowest BCUT2D eigenvalue weighted by Crippen LogP contribution is -2.44. The van der Waals surface area contributed by atoms with Crippen molar-refractivity contribution in [2.24, 2.45) is 5.92 Å². The fourth-order valence-corrected chi connectivity index (χ4v) is 6.17. The minimum absolute atomic E-state index is 0.131. The normalized spacial score (nSPS) is 21.4. The molecule has 2 atom stereocenters. The molecule has 0 bridgehead atoms. The first-order valence-corrected chi connectivity index (χ1v) is 15.7. The lowest BCUT2D eigenvalue weighted by molar-refractivity contribution is -0.902. The fourth-order valence-electron chi connectivity index (χ4n) is 6.17. The number of carbonyl (C=O) groups is 2. The van der Waals surface area contributed by atoms with E-state index in [0.717, 1.165) is 23.9 Å². The summed E-state index contributed by atoms with van der Waals surface area (Å²) in [5, 5.41) is 0. The van der Waals surface area contributed by atoms with Crippen LogP contribution in [-0.4, -0.2) is 67.6 Å². The number of carbonyl (C=O) groups excluding carboxylic acids is 2. The number of unbranched alkanes of at least 4 members (excludes halogenated alkanes) is 15. The Hall–Kier alpha value is -1.10. The molecule has 2 saturated heterocycles. The molecule has 2 rings (SSSR count). The number of esters is 1. The Morgan fingerprint density at radius 1 is 0.861 bits per heavy atom. The van der Waals surface area contributed by atoms with Crippen LogP contribution < -0.4 is 0 Å². The molecule has 2 aliphatic rings. The highest BCUT2D eigenvalue weighted by atomic mass is 16.5. The molecule has 0 radical (unpaired) electrons. The van der Waals surface area contributed by atoms with E-state index in [2.05, 4.69) is 21.0 Å². The molecular weight excluding hydrogens is 448 g/mol. The molecule has 0 saturated carbocycles. The van der Waals surface area contributed by atoms with Gasteiger partial charge in [0.05, 0.1) is 39.2 Å². The highest BCUT2D eigenvalue weighted by Gasteiger charge is 2.36. The van der Waals surface area contributed by atoms with Crippen molar-refractivity contribution in [2.45, 2.75) is 141 Å². The molecule has 2 unspecified atom stereocenters. The van der Waals surface area contributed by atoms with Crippen LogP contribution in [0.15, 0.2) is 0 Å². The summed E-state index contributed by atoms with van der Waals surface area (Å²) < 4.78 is 6.62. The standard InChI is InChI=1S/C31H59N2O3/c1-4-5-6-7-8-9-10-11-12-13-14-15-16-17-18-19-23-32-27-28(26-30(32)34)31(35)36-25-22-29-21-20-24-33(29,2)3/h28-29H,4-27H2,1-3H3/q+1. The Morgan fingerprint density at radius 3 is 1.89 bits per heavy atom. The smallest absolute Gasteiger partial charge is 0.311 e. The number of ether oxygens (including phenoxy) is 1. The van der Waals surface area contributed by atoms with E-state index in [9.17, 15) is 9.59 Å². The van der Waals surface area contributed by atoms with Gasteiger partial charge in [0, 0.05) is 38.8 Å². The average Bonchev–Trinajstić information content (AvgIpc) is 3.39. The van der Waals surface area contributed by atoms with E-state index in [4.69, 9.17) is 4.74 Å². The van der Waals surface area contributed by atoms with Crippen LogP contribution in [0, 0.1) is 5.92 Å². The predicted octanol–water partition coefficient (Wildman–Crippen LogP) is 7.27. The average molecular weight is 508 g/mol. The van der Waals surface area contributed by atoms with Crippen LogP contribution in [-0.2, 0) is 14.3 Å². The van der Waals surface area contributed by atoms with Gasteiger partial charge in [-0.25, -0.2) is 0 Å². The monoisotopic (exact) mass is 507 g/mol. The molecule has 0 aromatic rings. The SMILES string of the molecule is CCCCCCCCCCCCCCCCCCN1CC(C(=O)OCCC2CCC[N+]2(C)C)CC1=O. The third-order valence-electron chi connectivity index (χ3n) is 8.79. The molecular formula is C31H59N2O3+. The van der Waals surface area contributed by atoms with Crippen LogP contribution in [0.4, 0.5) is 0 Å². The number of rotatable bonds is 21. The summed E-state index contributed by atoms with van der Waals surface area (Å²) in [4.78, 5) is 26.7. The first-order chi connectivity index (χ1) is 17.4. The second-order valence-electron chi connectivity index (χ2n) is 12.3. The topological polar surface area (TPSA) is 46.6 Å². The Kier molecular flexibility index (Phi) is 15.7. The minimum atomic E-state index is -0.260. The molecule has 2 heterocycles. The number of amides is 1. The zero-order chi connectivity index (χ0) is 26.1. The summed E-state index contributed by atoms with van der Waals surface area (Å²) >= 11 is 0. The second-order valence-corrected chi connectivity index (χ2v) is 12.3. The third kappa shape index (κ3) is 12.4. The minimum Gasteiger partial charge on any atom is -0.465 e. The molecule has 5 nitrogen and oxygen atoms in total. The van der Waals surface area contributed by atoms with Crippen molar-refractivity contribution >= 4 is 11.9 Å². The highest BCUT2D eigenvalue weighted by molar-refractivity contribution is 5.86. The van der Waals surface area contributed by atoms with E-state index in [1.54, 1.807) is 0 Å². The number of hydrogen-bond acceptors (Lipinski definition) is 3. The largest absolute Gasteiger partial charge is 0.465 e. The van der Waals surface area contributed by atoms with Gasteiger partial charge in [0.2, 0.25) is 5.91 Å². The highest BCUT2D eigenvalue weighted by Crippen LogP contribution is 2.25.